The Morgan fingerprint density at radius 2 is 1.80 bits per heavy atom. The van der Waals surface area contributed by atoms with E-state index in [1.807, 2.05) is 20.1 Å². The second-order valence-electron chi connectivity index (χ2n) is 5.60. The molecule has 0 aliphatic carbocycles. The van der Waals surface area contributed by atoms with Crippen molar-refractivity contribution in [1.29, 1.82) is 0 Å². The second kappa shape index (κ2) is 8.38. The lowest BCUT2D eigenvalue weighted by atomic mass is 10.1. The van der Waals surface area contributed by atoms with Gasteiger partial charge in [-0.2, -0.15) is 0 Å². The molecule has 0 bridgehead atoms. The molecule has 25 heavy (non-hydrogen) atoms. The summed E-state index contributed by atoms with van der Waals surface area (Å²) in [5.41, 5.74) is 3.03. The van der Waals surface area contributed by atoms with E-state index in [0.29, 0.717) is 23.8 Å². The minimum Gasteiger partial charge on any atom is -0.313 e. The van der Waals surface area contributed by atoms with E-state index >= 15 is 0 Å². The number of amides is 1. The van der Waals surface area contributed by atoms with Crippen molar-refractivity contribution in [2.75, 3.05) is 17.7 Å². The lowest BCUT2D eigenvalue weighted by molar-refractivity contribution is -0.118. The molecule has 1 heterocycles. The SMILES string of the molecule is CCN(C(=O)CCc1c(C)nc(SC)nc1C)c1ccc(F)c(F)c1. The minimum absolute atomic E-state index is 0.152. The van der Waals surface area contributed by atoms with Crippen LogP contribution in [0.25, 0.3) is 0 Å². The summed E-state index contributed by atoms with van der Waals surface area (Å²) in [4.78, 5) is 22.8. The maximum atomic E-state index is 13.4. The van der Waals surface area contributed by atoms with Crippen LogP contribution in [0.2, 0.25) is 0 Å². The van der Waals surface area contributed by atoms with Crippen LogP contribution in [-0.2, 0) is 11.2 Å². The Morgan fingerprint density at radius 3 is 2.32 bits per heavy atom. The molecule has 7 heteroatoms. The van der Waals surface area contributed by atoms with Crippen LogP contribution in [0.1, 0.15) is 30.3 Å². The van der Waals surface area contributed by atoms with Gasteiger partial charge in [-0.1, -0.05) is 11.8 Å². The van der Waals surface area contributed by atoms with E-state index in [-0.39, 0.29) is 12.3 Å². The van der Waals surface area contributed by atoms with Crippen molar-refractivity contribution in [3.8, 4) is 0 Å². The molecule has 0 spiro atoms. The highest BCUT2D eigenvalue weighted by atomic mass is 32.2. The number of halogens is 2. The van der Waals surface area contributed by atoms with Gasteiger partial charge >= 0.3 is 0 Å². The fraction of sp³-hybridized carbons (Fsp3) is 0.389. The topological polar surface area (TPSA) is 46.1 Å². The zero-order valence-corrected chi connectivity index (χ0v) is 15.6. The van der Waals surface area contributed by atoms with E-state index in [4.69, 9.17) is 0 Å². The summed E-state index contributed by atoms with van der Waals surface area (Å²) in [5, 5.41) is 0.710. The van der Waals surface area contributed by atoms with Crippen LogP contribution >= 0.6 is 11.8 Å². The second-order valence-corrected chi connectivity index (χ2v) is 6.37. The van der Waals surface area contributed by atoms with E-state index in [9.17, 15) is 13.6 Å². The van der Waals surface area contributed by atoms with Crippen molar-refractivity contribution in [3.63, 3.8) is 0 Å². The third-order valence-electron chi connectivity index (χ3n) is 4.00. The number of carbonyl (C=O) groups is 1. The van der Waals surface area contributed by atoms with Crippen LogP contribution < -0.4 is 4.90 Å². The van der Waals surface area contributed by atoms with Crippen molar-refractivity contribution < 1.29 is 13.6 Å². The van der Waals surface area contributed by atoms with Gasteiger partial charge in [-0.05, 0) is 51.1 Å². The number of hydrogen-bond acceptors (Lipinski definition) is 4. The van der Waals surface area contributed by atoms with Crippen LogP contribution in [0.3, 0.4) is 0 Å². The summed E-state index contributed by atoms with van der Waals surface area (Å²) in [5.74, 6) is -2.04. The Bertz CT molecular complexity index is 760. The number of anilines is 1. The van der Waals surface area contributed by atoms with Gasteiger partial charge in [-0.25, -0.2) is 18.7 Å². The first kappa shape index (κ1) is 19.3. The molecule has 0 saturated heterocycles. The molecule has 134 valence electrons. The lowest BCUT2D eigenvalue weighted by Gasteiger charge is -2.21. The number of thioether (sulfide) groups is 1. The van der Waals surface area contributed by atoms with Crippen LogP contribution in [-0.4, -0.2) is 28.7 Å². The standard InChI is InChI=1S/C18H21F2N3OS/c1-5-23(13-6-8-15(19)16(20)10-13)17(24)9-7-14-11(2)21-18(25-4)22-12(14)3/h6,8,10H,5,7,9H2,1-4H3. The van der Waals surface area contributed by atoms with Crippen LogP contribution in [0.15, 0.2) is 23.4 Å². The Labute approximate surface area is 150 Å². The van der Waals surface area contributed by atoms with Gasteiger partial charge in [0.2, 0.25) is 5.91 Å². The molecular formula is C18H21F2N3OS. The fourth-order valence-corrected chi connectivity index (χ4v) is 3.14. The summed E-state index contributed by atoms with van der Waals surface area (Å²) >= 11 is 1.47. The zero-order valence-electron chi connectivity index (χ0n) is 14.8. The number of rotatable bonds is 6. The van der Waals surface area contributed by atoms with E-state index in [0.717, 1.165) is 29.1 Å². The van der Waals surface area contributed by atoms with E-state index in [2.05, 4.69) is 9.97 Å². The Balaban J connectivity index is 2.14. The van der Waals surface area contributed by atoms with Gasteiger partial charge in [-0.3, -0.25) is 4.79 Å². The number of nitrogens with zero attached hydrogens (tertiary/aromatic N) is 3. The van der Waals surface area contributed by atoms with Crippen molar-refractivity contribution >= 4 is 23.4 Å². The van der Waals surface area contributed by atoms with E-state index in [1.165, 1.54) is 22.7 Å². The molecule has 0 atom stereocenters. The number of benzene rings is 1. The summed E-state index contributed by atoms with van der Waals surface area (Å²) in [6, 6.07) is 3.49. The van der Waals surface area contributed by atoms with Gasteiger partial charge in [0.15, 0.2) is 16.8 Å². The molecule has 0 saturated carbocycles. The minimum atomic E-state index is -0.962. The molecule has 0 aliphatic rings. The number of carbonyl (C=O) groups excluding carboxylic acids is 1. The van der Waals surface area contributed by atoms with Gasteiger partial charge in [0.05, 0.1) is 0 Å². The molecule has 0 N–H and O–H groups in total. The van der Waals surface area contributed by atoms with Gasteiger partial charge in [0.1, 0.15) is 0 Å². The lowest BCUT2D eigenvalue weighted by Crippen LogP contribution is -2.31. The highest BCUT2D eigenvalue weighted by Crippen LogP contribution is 2.21. The first-order chi connectivity index (χ1) is 11.9. The van der Waals surface area contributed by atoms with Crippen molar-refractivity contribution in [2.45, 2.75) is 38.8 Å². The molecule has 4 nitrogen and oxygen atoms in total. The van der Waals surface area contributed by atoms with E-state index in [1.54, 1.807) is 6.92 Å². The molecule has 0 aliphatic heterocycles. The molecule has 1 aromatic heterocycles. The molecular weight excluding hydrogens is 344 g/mol. The molecule has 0 fully saturated rings. The van der Waals surface area contributed by atoms with Crippen LogP contribution in [0.4, 0.5) is 14.5 Å². The summed E-state index contributed by atoms with van der Waals surface area (Å²) < 4.78 is 26.5. The Kier molecular flexibility index (Phi) is 6.47. The number of aryl methyl sites for hydroxylation is 2. The van der Waals surface area contributed by atoms with Gasteiger partial charge in [-0.15, -0.1) is 0 Å². The van der Waals surface area contributed by atoms with Crippen LogP contribution in [0.5, 0.6) is 0 Å². The normalized spacial score (nSPS) is 10.8. The van der Waals surface area contributed by atoms with Crippen molar-refractivity contribution in [3.05, 3.63) is 46.8 Å². The largest absolute Gasteiger partial charge is 0.313 e. The predicted molar refractivity (Wildman–Crippen MR) is 96.0 cm³/mol. The van der Waals surface area contributed by atoms with Gasteiger partial charge in [0.25, 0.3) is 0 Å². The monoisotopic (exact) mass is 365 g/mol. The quantitative estimate of drug-likeness (QED) is 0.572. The average molecular weight is 365 g/mol. The third kappa shape index (κ3) is 4.54. The molecule has 2 rings (SSSR count). The van der Waals surface area contributed by atoms with Gasteiger partial charge in [0, 0.05) is 36.1 Å². The molecule has 1 aromatic carbocycles. The Morgan fingerprint density at radius 1 is 1.16 bits per heavy atom. The maximum Gasteiger partial charge on any atom is 0.227 e. The molecule has 0 unspecified atom stereocenters. The summed E-state index contributed by atoms with van der Waals surface area (Å²) in [7, 11) is 0. The highest BCUT2D eigenvalue weighted by Gasteiger charge is 2.17. The first-order valence-electron chi connectivity index (χ1n) is 8.00. The summed E-state index contributed by atoms with van der Waals surface area (Å²) in [6.45, 7) is 5.98. The zero-order chi connectivity index (χ0) is 18.6. The summed E-state index contributed by atoms with van der Waals surface area (Å²) in [6.07, 6.45) is 2.67. The fourth-order valence-electron chi connectivity index (χ4n) is 2.68. The Hall–Kier alpha value is -2.02. The third-order valence-corrected chi connectivity index (χ3v) is 4.55. The van der Waals surface area contributed by atoms with E-state index < -0.39 is 11.6 Å². The smallest absolute Gasteiger partial charge is 0.227 e. The van der Waals surface area contributed by atoms with Crippen molar-refractivity contribution in [1.82, 2.24) is 9.97 Å². The number of hydrogen-bond donors (Lipinski definition) is 0. The van der Waals surface area contributed by atoms with Crippen molar-refractivity contribution in [2.24, 2.45) is 0 Å². The number of aromatic nitrogens is 2. The molecule has 0 radical (unpaired) electrons. The predicted octanol–water partition coefficient (Wildman–Crippen LogP) is 4.08. The average Bonchev–Trinajstić information content (AvgIpc) is 2.57. The van der Waals surface area contributed by atoms with Crippen LogP contribution in [0, 0.1) is 25.5 Å². The van der Waals surface area contributed by atoms with Gasteiger partial charge < -0.3 is 4.90 Å². The highest BCUT2D eigenvalue weighted by molar-refractivity contribution is 7.98. The maximum absolute atomic E-state index is 13.4. The molecule has 2 aromatic rings. The first-order valence-corrected chi connectivity index (χ1v) is 9.23. The molecule has 1 amide bonds.